The number of rotatable bonds is 12. The van der Waals surface area contributed by atoms with Crippen LogP contribution in [0.15, 0.2) is 6.07 Å². The molecule has 0 aromatic carbocycles. The first kappa shape index (κ1) is 25.3. The van der Waals surface area contributed by atoms with E-state index in [-0.39, 0.29) is 6.09 Å². The summed E-state index contributed by atoms with van der Waals surface area (Å²) >= 11 is -2.51. The van der Waals surface area contributed by atoms with Crippen molar-refractivity contribution in [2.45, 2.75) is 106 Å². The molecular weight excluding hydrogens is 457 g/mol. The number of amides is 1. The molecule has 0 atom stereocenters. The van der Waals surface area contributed by atoms with E-state index >= 15 is 0 Å². The van der Waals surface area contributed by atoms with Gasteiger partial charge in [-0.05, 0) is 0 Å². The number of carbonyl (C=O) groups excluding carboxylic acids is 1. The summed E-state index contributed by atoms with van der Waals surface area (Å²) < 4.78 is 13.3. The molecule has 1 rings (SSSR count). The van der Waals surface area contributed by atoms with Crippen LogP contribution in [0.25, 0.3) is 0 Å². The number of carbonyl (C=O) groups is 1. The fraction of sp³-hybridized carbons (Fsp3) is 0.818. The zero-order valence-corrected chi connectivity index (χ0v) is 22.2. The maximum absolute atomic E-state index is 12.0. The monoisotopic (exact) mass is 501 g/mol. The summed E-state index contributed by atoms with van der Waals surface area (Å²) in [5.74, 6) is 0. The van der Waals surface area contributed by atoms with Gasteiger partial charge in [-0.3, -0.25) is 0 Å². The van der Waals surface area contributed by atoms with E-state index in [0.717, 1.165) is 5.69 Å². The molecule has 162 valence electrons. The molecule has 0 saturated carbocycles. The number of nitrogens with one attached hydrogen (secondary N) is 1. The molecule has 0 bridgehead atoms. The van der Waals surface area contributed by atoms with E-state index in [9.17, 15) is 4.79 Å². The molecule has 0 radical (unpaired) electrons. The van der Waals surface area contributed by atoms with Crippen molar-refractivity contribution in [3.8, 4) is 0 Å². The van der Waals surface area contributed by atoms with Crippen molar-refractivity contribution in [2.75, 3.05) is 0 Å². The van der Waals surface area contributed by atoms with Gasteiger partial charge in [0, 0.05) is 0 Å². The SMILES string of the molecule is CCC[CH2][Sn]([CH2]CCC)([CH2]CCC)[c]1cc(CNC(=O)OC(C)(C)C)nn1C. The van der Waals surface area contributed by atoms with Gasteiger partial charge in [0.25, 0.3) is 0 Å². The Kier molecular flexibility index (Phi) is 10.9. The van der Waals surface area contributed by atoms with Crippen molar-refractivity contribution in [3.05, 3.63) is 11.8 Å². The zero-order valence-electron chi connectivity index (χ0n) is 19.4. The molecule has 1 amide bonds. The second kappa shape index (κ2) is 12.1. The first-order valence-corrected chi connectivity index (χ1v) is 18.7. The Morgan fingerprint density at radius 1 is 1.07 bits per heavy atom. The van der Waals surface area contributed by atoms with E-state index in [1.807, 2.05) is 20.8 Å². The minimum absolute atomic E-state index is 0.377. The summed E-state index contributed by atoms with van der Waals surface area (Å²) in [4.78, 5) is 12.0. The van der Waals surface area contributed by atoms with Crippen LogP contribution in [-0.4, -0.2) is 39.9 Å². The average Bonchev–Trinajstić information content (AvgIpc) is 3.00. The molecule has 0 aliphatic heterocycles. The Morgan fingerprint density at radius 2 is 1.57 bits per heavy atom. The number of aromatic nitrogens is 2. The van der Waals surface area contributed by atoms with Crippen molar-refractivity contribution in [2.24, 2.45) is 7.05 Å². The van der Waals surface area contributed by atoms with Crippen LogP contribution in [0.5, 0.6) is 0 Å². The van der Waals surface area contributed by atoms with Crippen LogP contribution in [0, 0.1) is 0 Å². The fourth-order valence-electron chi connectivity index (χ4n) is 3.89. The zero-order chi connectivity index (χ0) is 21.2. The Bertz CT molecular complexity index is 571. The Hall–Kier alpha value is -0.721. The number of unbranched alkanes of at least 4 members (excludes halogenated alkanes) is 3. The van der Waals surface area contributed by atoms with Crippen LogP contribution >= 0.6 is 0 Å². The Morgan fingerprint density at radius 3 is 2.00 bits per heavy atom. The van der Waals surface area contributed by atoms with Crippen LogP contribution in [0.2, 0.25) is 13.3 Å². The molecular formula is C22H43N3O2Sn. The average molecular weight is 500 g/mol. The van der Waals surface area contributed by atoms with Crippen LogP contribution in [0.3, 0.4) is 0 Å². The van der Waals surface area contributed by atoms with E-state index in [1.54, 1.807) is 0 Å². The number of hydrogen-bond acceptors (Lipinski definition) is 3. The van der Waals surface area contributed by atoms with Gasteiger partial charge >= 0.3 is 177 Å². The van der Waals surface area contributed by atoms with E-state index in [2.05, 4.69) is 43.9 Å². The molecule has 5 nitrogen and oxygen atoms in total. The number of aryl methyl sites for hydroxylation is 1. The Labute approximate surface area is 176 Å². The molecule has 1 N–H and O–H groups in total. The van der Waals surface area contributed by atoms with Gasteiger partial charge in [-0.15, -0.1) is 0 Å². The standard InChI is InChI=1S/C10H16N3O2.3C4H9.Sn/c1-10(2,3)15-9(14)11-7-8-5-6-13(4)12-8;3*1-3-4-2;/h5H,7H2,1-4H3,(H,11,14);3*1,3-4H2,2H3;. The van der Waals surface area contributed by atoms with Gasteiger partial charge in [-0.25, -0.2) is 0 Å². The van der Waals surface area contributed by atoms with Gasteiger partial charge in [0.15, 0.2) is 0 Å². The summed E-state index contributed by atoms with van der Waals surface area (Å²) in [6.45, 7) is 13.0. The minimum atomic E-state index is -2.51. The fourth-order valence-corrected chi connectivity index (χ4v) is 20.5. The molecule has 0 aliphatic rings. The quantitative estimate of drug-likeness (QED) is 0.386. The molecule has 0 unspecified atom stereocenters. The molecule has 0 saturated heterocycles. The third kappa shape index (κ3) is 8.34. The molecule has 0 spiro atoms. The third-order valence-corrected chi connectivity index (χ3v) is 21.0. The van der Waals surface area contributed by atoms with Crippen molar-refractivity contribution in [1.82, 2.24) is 15.1 Å². The topological polar surface area (TPSA) is 56.1 Å². The summed E-state index contributed by atoms with van der Waals surface area (Å²) in [6, 6.07) is 2.30. The molecule has 6 heteroatoms. The van der Waals surface area contributed by atoms with Crippen molar-refractivity contribution in [1.29, 1.82) is 0 Å². The predicted molar refractivity (Wildman–Crippen MR) is 121 cm³/mol. The van der Waals surface area contributed by atoms with E-state index in [0.29, 0.717) is 6.54 Å². The van der Waals surface area contributed by atoms with Gasteiger partial charge in [-0.1, -0.05) is 0 Å². The van der Waals surface area contributed by atoms with Gasteiger partial charge in [0.2, 0.25) is 0 Å². The van der Waals surface area contributed by atoms with Crippen molar-refractivity contribution < 1.29 is 9.53 Å². The normalized spacial score (nSPS) is 12.2. The van der Waals surface area contributed by atoms with Crippen LogP contribution in [0.1, 0.15) is 85.8 Å². The summed E-state index contributed by atoms with van der Waals surface area (Å²) in [6.07, 6.45) is 7.42. The first-order valence-electron chi connectivity index (χ1n) is 11.2. The molecule has 1 aromatic heterocycles. The van der Waals surface area contributed by atoms with Crippen molar-refractivity contribution in [3.63, 3.8) is 0 Å². The summed E-state index contributed by atoms with van der Waals surface area (Å²) in [5.41, 5.74) is 0.472. The van der Waals surface area contributed by atoms with Gasteiger partial charge in [0.05, 0.1) is 0 Å². The molecule has 0 fully saturated rings. The second-order valence-electron chi connectivity index (χ2n) is 9.09. The molecule has 28 heavy (non-hydrogen) atoms. The number of ether oxygens (including phenoxy) is 1. The number of hydrogen-bond donors (Lipinski definition) is 1. The van der Waals surface area contributed by atoms with Gasteiger partial charge < -0.3 is 0 Å². The third-order valence-electron chi connectivity index (χ3n) is 5.31. The molecule has 1 heterocycles. The van der Waals surface area contributed by atoms with E-state index in [4.69, 9.17) is 9.84 Å². The van der Waals surface area contributed by atoms with Crippen molar-refractivity contribution >= 4 is 28.2 Å². The summed E-state index contributed by atoms with van der Waals surface area (Å²) in [7, 11) is 2.10. The number of alkyl carbamates (subject to hydrolysis) is 1. The Balaban J connectivity index is 3.01. The van der Waals surface area contributed by atoms with Crippen LogP contribution < -0.4 is 9.03 Å². The van der Waals surface area contributed by atoms with E-state index in [1.165, 1.54) is 55.5 Å². The van der Waals surface area contributed by atoms with Crippen LogP contribution in [-0.2, 0) is 18.3 Å². The van der Waals surface area contributed by atoms with Crippen LogP contribution in [0.4, 0.5) is 4.79 Å². The maximum atomic E-state index is 12.0. The second-order valence-corrected chi connectivity index (χ2v) is 22.1. The number of nitrogens with zero attached hydrogens (tertiary/aromatic N) is 2. The predicted octanol–water partition coefficient (Wildman–Crippen LogP) is 5.50. The molecule has 1 aromatic rings. The van der Waals surface area contributed by atoms with E-state index < -0.39 is 24.0 Å². The summed E-state index contributed by atoms with van der Waals surface area (Å²) in [5, 5.41) is 7.63. The van der Waals surface area contributed by atoms with Gasteiger partial charge in [-0.2, -0.15) is 0 Å². The first-order chi connectivity index (χ1) is 13.2. The molecule has 0 aliphatic carbocycles. The van der Waals surface area contributed by atoms with Gasteiger partial charge in [0.1, 0.15) is 0 Å².